The summed E-state index contributed by atoms with van der Waals surface area (Å²) in [6.07, 6.45) is 0. The number of carbonyl (C=O) groups excluding carboxylic acids is 1. The lowest BCUT2D eigenvalue weighted by molar-refractivity contribution is -0.123. The summed E-state index contributed by atoms with van der Waals surface area (Å²) in [5.74, 6) is -1.78. The minimum atomic E-state index is -3.65. The molecule has 0 spiro atoms. The molecule has 1 atom stereocenters. The SMILES string of the molecule is Cc1cccc(N2CCN(CCNC(=O)[C@@H](C)CS(=O)(=O)c3ccc(F)cc3)CC2)c1. The van der Waals surface area contributed by atoms with Crippen molar-refractivity contribution in [3.8, 4) is 0 Å². The van der Waals surface area contributed by atoms with E-state index in [0.717, 1.165) is 44.9 Å². The minimum Gasteiger partial charge on any atom is -0.369 e. The average molecular weight is 448 g/mol. The molecule has 0 aliphatic carbocycles. The maximum absolute atomic E-state index is 13.0. The third kappa shape index (κ3) is 6.51. The quantitative estimate of drug-likeness (QED) is 0.630. The Morgan fingerprint density at radius 2 is 1.77 bits per heavy atom. The minimum absolute atomic E-state index is 0.0278. The number of benzene rings is 2. The highest BCUT2D eigenvalue weighted by atomic mass is 32.2. The molecule has 2 aromatic carbocycles. The molecule has 1 aliphatic heterocycles. The van der Waals surface area contributed by atoms with E-state index in [4.69, 9.17) is 0 Å². The van der Waals surface area contributed by atoms with Crippen molar-refractivity contribution >= 4 is 21.4 Å². The van der Waals surface area contributed by atoms with Gasteiger partial charge < -0.3 is 10.2 Å². The van der Waals surface area contributed by atoms with E-state index in [1.54, 1.807) is 6.92 Å². The van der Waals surface area contributed by atoms with Crippen LogP contribution in [0, 0.1) is 18.7 Å². The number of sulfone groups is 1. The van der Waals surface area contributed by atoms with Gasteiger partial charge in [0.15, 0.2) is 9.84 Å². The predicted molar refractivity (Wildman–Crippen MR) is 120 cm³/mol. The van der Waals surface area contributed by atoms with Crippen molar-refractivity contribution in [3.05, 3.63) is 59.9 Å². The van der Waals surface area contributed by atoms with Gasteiger partial charge in [-0.2, -0.15) is 0 Å². The standard InChI is InChI=1S/C23H30FN3O3S/c1-18-4-3-5-21(16-18)27-14-12-26(13-15-27)11-10-25-23(28)19(2)17-31(29,30)22-8-6-20(24)7-9-22/h3-9,16,19H,10-15,17H2,1-2H3,(H,25,28)/t19-/m0/s1. The molecule has 1 heterocycles. The highest BCUT2D eigenvalue weighted by molar-refractivity contribution is 7.91. The second-order valence-corrected chi connectivity index (χ2v) is 10.1. The topological polar surface area (TPSA) is 69.7 Å². The summed E-state index contributed by atoms with van der Waals surface area (Å²) in [6, 6.07) is 13.2. The Bertz CT molecular complexity index is 987. The number of carbonyl (C=O) groups is 1. The highest BCUT2D eigenvalue weighted by Gasteiger charge is 2.23. The van der Waals surface area contributed by atoms with Crippen LogP contribution in [-0.2, 0) is 14.6 Å². The van der Waals surface area contributed by atoms with Gasteiger partial charge in [-0.3, -0.25) is 9.69 Å². The summed E-state index contributed by atoms with van der Waals surface area (Å²) in [5, 5.41) is 2.84. The van der Waals surface area contributed by atoms with Gasteiger partial charge in [0.2, 0.25) is 5.91 Å². The maximum atomic E-state index is 13.0. The van der Waals surface area contributed by atoms with Gasteiger partial charge in [0, 0.05) is 50.9 Å². The third-order valence-electron chi connectivity index (χ3n) is 5.56. The van der Waals surface area contributed by atoms with Crippen LogP contribution in [0.2, 0.25) is 0 Å². The molecule has 0 unspecified atom stereocenters. The first-order chi connectivity index (χ1) is 14.7. The zero-order valence-electron chi connectivity index (χ0n) is 18.1. The molecule has 1 aliphatic rings. The van der Waals surface area contributed by atoms with Crippen LogP contribution in [0.25, 0.3) is 0 Å². The second-order valence-electron chi connectivity index (χ2n) is 8.10. The van der Waals surface area contributed by atoms with E-state index in [-0.39, 0.29) is 16.6 Å². The fourth-order valence-electron chi connectivity index (χ4n) is 3.71. The van der Waals surface area contributed by atoms with E-state index in [2.05, 4.69) is 46.3 Å². The highest BCUT2D eigenvalue weighted by Crippen LogP contribution is 2.18. The first-order valence-electron chi connectivity index (χ1n) is 10.5. The fourth-order valence-corrected chi connectivity index (χ4v) is 5.26. The molecule has 0 bridgehead atoms. The summed E-state index contributed by atoms with van der Waals surface area (Å²) in [4.78, 5) is 17.0. The Morgan fingerprint density at radius 3 is 2.42 bits per heavy atom. The van der Waals surface area contributed by atoms with Gasteiger partial charge >= 0.3 is 0 Å². The molecule has 0 radical (unpaired) electrons. The Hall–Kier alpha value is -2.45. The van der Waals surface area contributed by atoms with Crippen molar-refractivity contribution in [3.63, 3.8) is 0 Å². The number of halogens is 1. The molecule has 0 saturated carbocycles. The number of anilines is 1. The van der Waals surface area contributed by atoms with Crippen LogP contribution in [0.1, 0.15) is 12.5 Å². The van der Waals surface area contributed by atoms with Crippen molar-refractivity contribution in [1.82, 2.24) is 10.2 Å². The van der Waals surface area contributed by atoms with E-state index in [1.165, 1.54) is 23.4 Å². The molecule has 6 nitrogen and oxygen atoms in total. The summed E-state index contributed by atoms with van der Waals surface area (Å²) in [5.41, 5.74) is 2.49. The lowest BCUT2D eigenvalue weighted by atomic mass is 10.2. The molecule has 1 saturated heterocycles. The lowest BCUT2D eigenvalue weighted by Crippen LogP contribution is -2.48. The smallest absolute Gasteiger partial charge is 0.223 e. The van der Waals surface area contributed by atoms with Gasteiger partial charge in [-0.15, -0.1) is 0 Å². The zero-order chi connectivity index (χ0) is 22.4. The molecule has 31 heavy (non-hydrogen) atoms. The van der Waals surface area contributed by atoms with E-state index >= 15 is 0 Å². The summed E-state index contributed by atoms with van der Waals surface area (Å²) < 4.78 is 37.9. The molecule has 1 amide bonds. The summed E-state index contributed by atoms with van der Waals surface area (Å²) >= 11 is 0. The van der Waals surface area contributed by atoms with Crippen molar-refractivity contribution in [2.45, 2.75) is 18.7 Å². The van der Waals surface area contributed by atoms with E-state index < -0.39 is 21.6 Å². The van der Waals surface area contributed by atoms with Crippen LogP contribution in [-0.4, -0.2) is 64.2 Å². The van der Waals surface area contributed by atoms with Crippen LogP contribution in [0.5, 0.6) is 0 Å². The van der Waals surface area contributed by atoms with E-state index in [9.17, 15) is 17.6 Å². The maximum Gasteiger partial charge on any atom is 0.223 e. The van der Waals surface area contributed by atoms with Crippen molar-refractivity contribution in [1.29, 1.82) is 0 Å². The second kappa shape index (κ2) is 10.2. The Labute approximate surface area is 184 Å². The van der Waals surface area contributed by atoms with Gasteiger partial charge in [0.05, 0.1) is 10.6 Å². The molecule has 1 fully saturated rings. The molecule has 3 rings (SSSR count). The molecular formula is C23H30FN3O3S. The summed E-state index contributed by atoms with van der Waals surface area (Å²) in [7, 11) is -3.65. The van der Waals surface area contributed by atoms with Crippen LogP contribution in [0.15, 0.2) is 53.4 Å². The number of hydrogen-bond acceptors (Lipinski definition) is 5. The first kappa shape index (κ1) is 23.2. The normalized spacial score (nSPS) is 16.2. The number of aryl methyl sites for hydroxylation is 1. The summed E-state index contributed by atoms with van der Waals surface area (Å²) in [6.45, 7) is 8.59. The van der Waals surface area contributed by atoms with E-state index in [0.29, 0.717) is 6.54 Å². The zero-order valence-corrected chi connectivity index (χ0v) is 18.9. The van der Waals surface area contributed by atoms with Crippen LogP contribution in [0.3, 0.4) is 0 Å². The molecular weight excluding hydrogens is 417 g/mol. The number of amides is 1. The van der Waals surface area contributed by atoms with Gasteiger partial charge in [0.1, 0.15) is 5.82 Å². The Morgan fingerprint density at radius 1 is 1.10 bits per heavy atom. The van der Waals surface area contributed by atoms with Crippen LogP contribution in [0.4, 0.5) is 10.1 Å². The number of rotatable bonds is 8. The van der Waals surface area contributed by atoms with Crippen LogP contribution < -0.4 is 10.2 Å². The van der Waals surface area contributed by atoms with Crippen molar-refractivity contribution in [2.24, 2.45) is 5.92 Å². The van der Waals surface area contributed by atoms with Crippen LogP contribution >= 0.6 is 0 Å². The number of hydrogen-bond donors (Lipinski definition) is 1. The van der Waals surface area contributed by atoms with Crippen molar-refractivity contribution in [2.75, 3.05) is 49.9 Å². The number of nitrogens with one attached hydrogen (secondary N) is 1. The molecule has 168 valence electrons. The first-order valence-corrected chi connectivity index (χ1v) is 12.2. The number of piperazine rings is 1. The van der Waals surface area contributed by atoms with Gasteiger partial charge in [-0.25, -0.2) is 12.8 Å². The molecule has 2 aromatic rings. The fraction of sp³-hybridized carbons (Fsp3) is 0.435. The monoisotopic (exact) mass is 447 g/mol. The van der Waals surface area contributed by atoms with Gasteiger partial charge in [-0.1, -0.05) is 19.1 Å². The predicted octanol–water partition coefficient (Wildman–Crippen LogP) is 2.48. The largest absolute Gasteiger partial charge is 0.369 e. The van der Waals surface area contributed by atoms with Gasteiger partial charge in [0.25, 0.3) is 0 Å². The Kier molecular flexibility index (Phi) is 7.67. The average Bonchev–Trinajstić information content (AvgIpc) is 2.74. The molecule has 0 aromatic heterocycles. The molecule has 8 heteroatoms. The van der Waals surface area contributed by atoms with E-state index in [1.807, 2.05) is 0 Å². The Balaban J connectivity index is 1.40. The van der Waals surface area contributed by atoms with Gasteiger partial charge in [-0.05, 0) is 48.9 Å². The lowest BCUT2D eigenvalue weighted by Gasteiger charge is -2.36. The van der Waals surface area contributed by atoms with Crippen molar-refractivity contribution < 1.29 is 17.6 Å². The third-order valence-corrected chi connectivity index (χ3v) is 7.49. The molecule has 1 N–H and O–H groups in total. The number of nitrogens with zero attached hydrogens (tertiary/aromatic N) is 2.